The Morgan fingerprint density at radius 3 is 2.47 bits per heavy atom. The van der Waals surface area contributed by atoms with Gasteiger partial charge in [0.05, 0.1) is 0 Å². The van der Waals surface area contributed by atoms with Crippen LogP contribution in [0.3, 0.4) is 0 Å². The van der Waals surface area contributed by atoms with E-state index in [0.717, 1.165) is 18.3 Å². The fraction of sp³-hybridized carbons (Fsp3) is 0.923. The van der Waals surface area contributed by atoms with Gasteiger partial charge in [-0.25, -0.2) is 0 Å². The molecule has 0 atom stereocenters. The monoisotopic (exact) mass is 274 g/mol. The van der Waals surface area contributed by atoms with E-state index in [9.17, 15) is 0 Å². The van der Waals surface area contributed by atoms with Crippen LogP contribution in [0, 0.1) is 5.41 Å². The van der Waals surface area contributed by atoms with Crippen LogP contribution in [0.25, 0.3) is 0 Å². The minimum Gasteiger partial charge on any atom is -0.364 e. The Morgan fingerprint density at radius 2 is 2.06 bits per heavy atom. The van der Waals surface area contributed by atoms with E-state index >= 15 is 0 Å². The largest absolute Gasteiger partial charge is 0.364 e. The number of amidine groups is 1. The van der Waals surface area contributed by atoms with Crippen molar-refractivity contribution >= 4 is 28.7 Å². The first-order valence-corrected chi connectivity index (χ1v) is 8.64. The number of nitrogens with zero attached hydrogens (tertiary/aromatic N) is 1. The maximum absolute atomic E-state index is 4.65. The van der Waals surface area contributed by atoms with Gasteiger partial charge in [-0.15, -0.1) is 0 Å². The van der Waals surface area contributed by atoms with Gasteiger partial charge in [-0.05, 0) is 24.5 Å². The Balaban J connectivity index is 2.48. The molecule has 0 unspecified atom stereocenters. The van der Waals surface area contributed by atoms with Crippen molar-refractivity contribution in [2.24, 2.45) is 10.4 Å². The average molecular weight is 274 g/mol. The summed E-state index contributed by atoms with van der Waals surface area (Å²) >= 11 is 3.85. The second-order valence-corrected chi connectivity index (χ2v) is 7.76. The second kappa shape index (κ2) is 6.37. The van der Waals surface area contributed by atoms with Gasteiger partial charge in [0.1, 0.15) is 0 Å². The molecule has 0 saturated heterocycles. The molecular weight excluding hydrogens is 248 g/mol. The molecule has 1 aliphatic heterocycles. The van der Waals surface area contributed by atoms with E-state index in [1.165, 1.54) is 18.6 Å². The summed E-state index contributed by atoms with van der Waals surface area (Å²) in [4.78, 5) is 4.65. The molecule has 1 heterocycles. The minimum absolute atomic E-state index is 0.363. The predicted octanol–water partition coefficient (Wildman–Crippen LogP) is 3.63. The van der Waals surface area contributed by atoms with Crippen LogP contribution in [0.2, 0.25) is 0 Å². The maximum Gasteiger partial charge on any atom is 0.156 e. The molecule has 0 amide bonds. The summed E-state index contributed by atoms with van der Waals surface area (Å²) in [5.74, 6) is 1.17. The van der Waals surface area contributed by atoms with Gasteiger partial charge in [0.2, 0.25) is 0 Å². The van der Waals surface area contributed by atoms with E-state index in [1.54, 1.807) is 0 Å². The summed E-state index contributed by atoms with van der Waals surface area (Å²) in [5.41, 5.74) is 0.363. The van der Waals surface area contributed by atoms with E-state index in [4.69, 9.17) is 0 Å². The fourth-order valence-corrected chi connectivity index (χ4v) is 3.59. The molecule has 1 N–H and O–H groups in total. The zero-order valence-corrected chi connectivity index (χ0v) is 13.4. The molecule has 100 valence electrons. The van der Waals surface area contributed by atoms with Crippen molar-refractivity contribution in [3.05, 3.63) is 0 Å². The van der Waals surface area contributed by atoms with Crippen molar-refractivity contribution in [2.75, 3.05) is 25.1 Å². The van der Waals surface area contributed by atoms with Gasteiger partial charge >= 0.3 is 0 Å². The lowest BCUT2D eigenvalue weighted by atomic mass is 9.97. The number of hydrogen-bond donors (Lipinski definition) is 1. The molecule has 0 spiro atoms. The third kappa shape index (κ3) is 4.40. The molecule has 1 rings (SSSR count). The van der Waals surface area contributed by atoms with Gasteiger partial charge in [-0.1, -0.05) is 39.5 Å². The molecule has 2 nitrogen and oxygen atoms in total. The fourth-order valence-electron chi connectivity index (χ4n) is 1.85. The molecule has 0 radical (unpaired) electrons. The Labute approximate surface area is 115 Å². The molecule has 0 aromatic rings. The first-order chi connectivity index (χ1) is 7.97. The van der Waals surface area contributed by atoms with Crippen molar-refractivity contribution in [3.63, 3.8) is 0 Å². The van der Waals surface area contributed by atoms with Crippen molar-refractivity contribution in [1.29, 1.82) is 0 Å². The standard InChI is InChI=1S/C13H26N2S2/c1-6-13(7-2,16-5)9-15-11-14-8-12(3,4)10-17-11/h6-10H2,1-5H3,(H,14,15). The highest BCUT2D eigenvalue weighted by Gasteiger charge is 2.27. The molecule has 0 fully saturated rings. The average Bonchev–Trinajstić information content (AvgIpc) is 2.33. The minimum atomic E-state index is 0.363. The first kappa shape index (κ1) is 15.2. The molecule has 0 aromatic heterocycles. The highest BCUT2D eigenvalue weighted by Crippen LogP contribution is 2.31. The lowest BCUT2D eigenvalue weighted by Crippen LogP contribution is -2.40. The number of rotatable bonds is 5. The molecule has 1 aliphatic rings. The van der Waals surface area contributed by atoms with Gasteiger partial charge in [0, 0.05) is 23.6 Å². The number of aliphatic imine (C=N–C) groups is 1. The normalized spacial score (nSPS) is 19.9. The number of thioether (sulfide) groups is 2. The third-order valence-electron chi connectivity index (χ3n) is 3.53. The summed E-state index contributed by atoms with van der Waals surface area (Å²) in [6.45, 7) is 11.1. The van der Waals surface area contributed by atoms with Crippen molar-refractivity contribution in [1.82, 2.24) is 5.32 Å². The predicted molar refractivity (Wildman–Crippen MR) is 83.4 cm³/mol. The first-order valence-electron chi connectivity index (χ1n) is 6.43. The van der Waals surface area contributed by atoms with Gasteiger partial charge in [-0.3, -0.25) is 4.99 Å². The van der Waals surface area contributed by atoms with E-state index in [0.29, 0.717) is 10.2 Å². The third-order valence-corrected chi connectivity index (χ3v) is 6.59. The molecule has 4 heteroatoms. The van der Waals surface area contributed by atoms with Crippen molar-refractivity contribution in [3.8, 4) is 0 Å². The summed E-state index contributed by atoms with van der Waals surface area (Å²) in [5, 5.41) is 4.69. The Kier molecular flexibility index (Phi) is 5.71. The molecule has 0 aliphatic carbocycles. The Morgan fingerprint density at radius 1 is 1.41 bits per heavy atom. The van der Waals surface area contributed by atoms with Crippen LogP contribution in [-0.2, 0) is 0 Å². The lowest BCUT2D eigenvalue weighted by molar-refractivity contribution is 0.436. The van der Waals surface area contributed by atoms with Crippen LogP contribution < -0.4 is 5.32 Å². The van der Waals surface area contributed by atoms with Crippen LogP contribution >= 0.6 is 23.5 Å². The van der Waals surface area contributed by atoms with Crippen LogP contribution in [0.1, 0.15) is 40.5 Å². The summed E-state index contributed by atoms with van der Waals surface area (Å²) in [6, 6.07) is 0. The number of hydrogen-bond acceptors (Lipinski definition) is 4. The Bertz CT molecular complexity index is 262. The van der Waals surface area contributed by atoms with E-state index in [1.807, 2.05) is 23.5 Å². The van der Waals surface area contributed by atoms with Crippen LogP contribution in [0.4, 0.5) is 0 Å². The zero-order chi connectivity index (χ0) is 12.9. The van der Waals surface area contributed by atoms with E-state index in [-0.39, 0.29) is 0 Å². The van der Waals surface area contributed by atoms with Gasteiger partial charge < -0.3 is 5.32 Å². The van der Waals surface area contributed by atoms with Crippen molar-refractivity contribution < 1.29 is 0 Å². The maximum atomic E-state index is 4.65. The number of nitrogens with one attached hydrogen (secondary N) is 1. The van der Waals surface area contributed by atoms with E-state index < -0.39 is 0 Å². The SMILES string of the molecule is CCC(CC)(CNC1=NCC(C)(C)CS1)SC. The summed E-state index contributed by atoms with van der Waals surface area (Å²) in [7, 11) is 0. The van der Waals surface area contributed by atoms with E-state index in [2.05, 4.69) is 44.3 Å². The molecular formula is C13H26N2S2. The van der Waals surface area contributed by atoms with Crippen molar-refractivity contribution in [2.45, 2.75) is 45.3 Å². The van der Waals surface area contributed by atoms with Gasteiger partial charge in [0.15, 0.2) is 5.17 Å². The second-order valence-electron chi connectivity index (χ2n) is 5.52. The molecule has 0 aromatic carbocycles. The molecule has 17 heavy (non-hydrogen) atoms. The molecule has 0 saturated carbocycles. The Hall–Kier alpha value is 0.170. The van der Waals surface area contributed by atoms with Gasteiger partial charge in [-0.2, -0.15) is 11.8 Å². The summed E-state index contributed by atoms with van der Waals surface area (Å²) < 4.78 is 0.371. The lowest BCUT2D eigenvalue weighted by Gasteiger charge is -2.32. The van der Waals surface area contributed by atoms with Crippen LogP contribution in [0.15, 0.2) is 4.99 Å². The quantitative estimate of drug-likeness (QED) is 0.828. The molecule has 0 bridgehead atoms. The highest BCUT2D eigenvalue weighted by atomic mass is 32.2. The topological polar surface area (TPSA) is 24.4 Å². The highest BCUT2D eigenvalue weighted by molar-refractivity contribution is 8.13. The zero-order valence-electron chi connectivity index (χ0n) is 11.8. The smallest absolute Gasteiger partial charge is 0.156 e. The van der Waals surface area contributed by atoms with Gasteiger partial charge in [0.25, 0.3) is 0 Å². The van der Waals surface area contributed by atoms with Crippen LogP contribution in [-0.4, -0.2) is 35.0 Å². The van der Waals surface area contributed by atoms with Crippen LogP contribution in [0.5, 0.6) is 0 Å². The summed E-state index contributed by atoms with van der Waals surface area (Å²) in [6.07, 6.45) is 4.63.